The highest BCUT2D eigenvalue weighted by Crippen LogP contribution is 2.28. The van der Waals surface area contributed by atoms with E-state index in [2.05, 4.69) is 15.3 Å². The molecule has 3 aromatic heterocycles. The SMILES string of the molecule is COc1ccc2nnc(C3CCN(C(=O)c4cc(C)oc4C)CC3)n2n1. The summed E-state index contributed by atoms with van der Waals surface area (Å²) in [5.41, 5.74) is 1.35. The summed E-state index contributed by atoms with van der Waals surface area (Å²) in [6, 6.07) is 5.42. The maximum Gasteiger partial charge on any atom is 0.257 e. The van der Waals surface area contributed by atoms with Gasteiger partial charge in [-0.25, -0.2) is 0 Å². The number of piperidine rings is 1. The molecule has 4 heterocycles. The van der Waals surface area contributed by atoms with E-state index in [9.17, 15) is 4.79 Å². The van der Waals surface area contributed by atoms with Crippen molar-refractivity contribution in [1.82, 2.24) is 24.7 Å². The van der Waals surface area contributed by atoms with Crippen molar-refractivity contribution >= 4 is 11.6 Å². The van der Waals surface area contributed by atoms with Crippen molar-refractivity contribution in [3.8, 4) is 5.88 Å². The predicted octanol–water partition coefficient (Wildman–Crippen LogP) is 2.36. The van der Waals surface area contributed by atoms with Crippen LogP contribution < -0.4 is 4.74 Å². The number of hydrogen-bond donors (Lipinski definition) is 0. The van der Waals surface area contributed by atoms with Crippen molar-refractivity contribution in [2.45, 2.75) is 32.6 Å². The molecular formula is C18H21N5O3. The number of ether oxygens (including phenoxy) is 1. The van der Waals surface area contributed by atoms with Crippen molar-refractivity contribution in [3.63, 3.8) is 0 Å². The summed E-state index contributed by atoms with van der Waals surface area (Å²) >= 11 is 0. The highest BCUT2D eigenvalue weighted by Gasteiger charge is 2.29. The lowest BCUT2D eigenvalue weighted by atomic mass is 9.95. The number of furan rings is 1. The molecule has 0 atom stereocenters. The van der Waals surface area contributed by atoms with Crippen molar-refractivity contribution in [2.24, 2.45) is 0 Å². The molecule has 3 aromatic rings. The molecule has 1 amide bonds. The number of fused-ring (bicyclic) bond motifs is 1. The average Bonchev–Trinajstić information content (AvgIpc) is 3.23. The molecule has 136 valence electrons. The van der Waals surface area contributed by atoms with E-state index in [1.165, 1.54) is 0 Å². The molecule has 0 bridgehead atoms. The van der Waals surface area contributed by atoms with Gasteiger partial charge < -0.3 is 14.1 Å². The fourth-order valence-corrected chi connectivity index (χ4v) is 3.51. The number of hydrogen-bond acceptors (Lipinski definition) is 6. The van der Waals surface area contributed by atoms with Gasteiger partial charge in [0.05, 0.1) is 12.7 Å². The Balaban J connectivity index is 1.50. The van der Waals surface area contributed by atoms with Crippen LogP contribution in [0.2, 0.25) is 0 Å². The van der Waals surface area contributed by atoms with E-state index in [4.69, 9.17) is 9.15 Å². The van der Waals surface area contributed by atoms with Gasteiger partial charge in [0.25, 0.3) is 5.91 Å². The number of aromatic nitrogens is 4. The Morgan fingerprint density at radius 3 is 2.65 bits per heavy atom. The fraction of sp³-hybridized carbons (Fsp3) is 0.444. The number of nitrogens with zero attached hydrogens (tertiary/aromatic N) is 5. The number of likely N-dealkylation sites (tertiary alicyclic amines) is 1. The first-order valence-corrected chi connectivity index (χ1v) is 8.69. The Bertz CT molecular complexity index is 953. The highest BCUT2D eigenvalue weighted by molar-refractivity contribution is 5.95. The van der Waals surface area contributed by atoms with Crippen LogP contribution in [0.25, 0.3) is 5.65 Å². The highest BCUT2D eigenvalue weighted by atomic mass is 16.5. The zero-order chi connectivity index (χ0) is 18.3. The standard InChI is InChI=1S/C18H21N5O3/c1-11-10-14(12(2)26-11)18(24)22-8-6-13(7-9-22)17-20-19-15-4-5-16(25-3)21-23(15)17/h4-5,10,13H,6-9H2,1-3H3. The molecule has 0 N–H and O–H groups in total. The van der Waals surface area contributed by atoms with Gasteiger partial charge in [0.15, 0.2) is 11.5 Å². The van der Waals surface area contributed by atoms with Crippen LogP contribution in [0.4, 0.5) is 0 Å². The van der Waals surface area contributed by atoms with Gasteiger partial charge in [-0.2, -0.15) is 4.52 Å². The van der Waals surface area contributed by atoms with Crippen molar-refractivity contribution in [3.05, 3.63) is 41.1 Å². The predicted molar refractivity (Wildman–Crippen MR) is 93.4 cm³/mol. The van der Waals surface area contributed by atoms with Gasteiger partial charge in [-0.1, -0.05) is 0 Å². The molecule has 0 spiro atoms. The van der Waals surface area contributed by atoms with E-state index in [0.717, 1.165) is 24.4 Å². The van der Waals surface area contributed by atoms with Gasteiger partial charge in [0, 0.05) is 25.1 Å². The van der Waals surface area contributed by atoms with Crippen LogP contribution in [-0.4, -0.2) is 50.8 Å². The molecule has 0 aliphatic carbocycles. The number of methoxy groups -OCH3 is 1. The Labute approximate surface area is 150 Å². The third-order valence-electron chi connectivity index (χ3n) is 4.89. The van der Waals surface area contributed by atoms with Crippen LogP contribution in [0, 0.1) is 13.8 Å². The van der Waals surface area contributed by atoms with Gasteiger partial charge in [0.2, 0.25) is 5.88 Å². The second-order valence-corrected chi connectivity index (χ2v) is 6.60. The molecule has 0 radical (unpaired) electrons. The number of amides is 1. The van der Waals surface area contributed by atoms with E-state index >= 15 is 0 Å². The third-order valence-corrected chi connectivity index (χ3v) is 4.89. The van der Waals surface area contributed by atoms with Crippen LogP contribution in [-0.2, 0) is 0 Å². The Kier molecular flexibility index (Phi) is 4.10. The summed E-state index contributed by atoms with van der Waals surface area (Å²) in [6.07, 6.45) is 1.64. The van der Waals surface area contributed by atoms with Gasteiger partial charge in [0.1, 0.15) is 11.5 Å². The maximum atomic E-state index is 12.7. The Morgan fingerprint density at radius 1 is 1.23 bits per heavy atom. The lowest BCUT2D eigenvalue weighted by Crippen LogP contribution is -2.38. The van der Waals surface area contributed by atoms with Crippen molar-refractivity contribution < 1.29 is 13.9 Å². The third kappa shape index (κ3) is 2.81. The topological polar surface area (TPSA) is 85.8 Å². The molecule has 0 saturated carbocycles. The Hall–Kier alpha value is -2.90. The Morgan fingerprint density at radius 2 is 2.00 bits per heavy atom. The molecule has 0 aromatic carbocycles. The first-order chi connectivity index (χ1) is 12.6. The second-order valence-electron chi connectivity index (χ2n) is 6.60. The summed E-state index contributed by atoms with van der Waals surface area (Å²) < 4.78 is 12.4. The van der Waals surface area contributed by atoms with Gasteiger partial charge in [-0.15, -0.1) is 15.3 Å². The number of carbonyl (C=O) groups excluding carboxylic acids is 1. The lowest BCUT2D eigenvalue weighted by Gasteiger charge is -2.31. The number of carbonyl (C=O) groups is 1. The van der Waals surface area contributed by atoms with Gasteiger partial charge in [-0.3, -0.25) is 4.79 Å². The van der Waals surface area contributed by atoms with Crippen LogP contribution in [0.5, 0.6) is 5.88 Å². The lowest BCUT2D eigenvalue weighted by molar-refractivity contribution is 0.0709. The quantitative estimate of drug-likeness (QED) is 0.717. The molecule has 1 aliphatic heterocycles. The summed E-state index contributed by atoms with van der Waals surface area (Å²) in [4.78, 5) is 14.6. The molecule has 1 fully saturated rings. The van der Waals surface area contributed by atoms with E-state index < -0.39 is 0 Å². The number of aryl methyl sites for hydroxylation is 2. The first kappa shape index (κ1) is 16.6. The summed E-state index contributed by atoms with van der Waals surface area (Å²) in [5.74, 6) is 3.02. The molecule has 8 nitrogen and oxygen atoms in total. The smallest absolute Gasteiger partial charge is 0.257 e. The van der Waals surface area contributed by atoms with Crippen LogP contribution in [0.1, 0.15) is 46.5 Å². The first-order valence-electron chi connectivity index (χ1n) is 8.69. The molecule has 1 aliphatic rings. The van der Waals surface area contributed by atoms with Crippen molar-refractivity contribution in [1.29, 1.82) is 0 Å². The molecule has 8 heteroatoms. The van der Waals surface area contributed by atoms with Crippen LogP contribution >= 0.6 is 0 Å². The monoisotopic (exact) mass is 355 g/mol. The van der Waals surface area contributed by atoms with E-state index in [0.29, 0.717) is 35.9 Å². The molecule has 1 saturated heterocycles. The zero-order valence-electron chi connectivity index (χ0n) is 15.1. The summed E-state index contributed by atoms with van der Waals surface area (Å²) in [5, 5.41) is 12.9. The molecule has 0 unspecified atom stereocenters. The fourth-order valence-electron chi connectivity index (χ4n) is 3.51. The second kappa shape index (κ2) is 6.44. The van der Waals surface area contributed by atoms with E-state index in [1.54, 1.807) is 17.7 Å². The molecule has 26 heavy (non-hydrogen) atoms. The van der Waals surface area contributed by atoms with E-state index in [1.807, 2.05) is 30.9 Å². The van der Waals surface area contributed by atoms with Crippen molar-refractivity contribution in [2.75, 3.05) is 20.2 Å². The minimum absolute atomic E-state index is 0.0312. The zero-order valence-corrected chi connectivity index (χ0v) is 15.1. The largest absolute Gasteiger partial charge is 0.480 e. The summed E-state index contributed by atoms with van der Waals surface area (Å²) in [7, 11) is 1.59. The molecular weight excluding hydrogens is 334 g/mol. The average molecular weight is 355 g/mol. The van der Waals surface area contributed by atoms with Crippen LogP contribution in [0.3, 0.4) is 0 Å². The van der Waals surface area contributed by atoms with Gasteiger partial charge in [-0.05, 0) is 38.8 Å². The summed E-state index contributed by atoms with van der Waals surface area (Å²) in [6.45, 7) is 5.03. The van der Waals surface area contributed by atoms with E-state index in [-0.39, 0.29) is 11.8 Å². The minimum atomic E-state index is 0.0312. The van der Waals surface area contributed by atoms with Gasteiger partial charge >= 0.3 is 0 Å². The minimum Gasteiger partial charge on any atom is -0.480 e. The maximum absolute atomic E-state index is 12.7. The normalized spacial score (nSPS) is 15.6. The number of rotatable bonds is 3. The van der Waals surface area contributed by atoms with Crippen LogP contribution in [0.15, 0.2) is 22.6 Å². The molecule has 4 rings (SSSR count).